The Bertz CT molecular complexity index is 944. The average Bonchev–Trinajstić information content (AvgIpc) is 2.81. The first-order chi connectivity index (χ1) is 16.3. The SMILES string of the molecule is N=C(NCCCCc1ccc(NCCNC[C@@H](O)CO)cc1)NC(=O)c1nc(Cl)c(N)nc1N. The third kappa shape index (κ3) is 9.35. The quantitative estimate of drug-likeness (QED) is 0.103. The van der Waals surface area contributed by atoms with E-state index in [9.17, 15) is 9.90 Å². The number of aryl methyl sites for hydroxylation is 1. The summed E-state index contributed by atoms with van der Waals surface area (Å²) in [4.78, 5) is 19.7. The zero-order valence-corrected chi connectivity index (χ0v) is 19.5. The van der Waals surface area contributed by atoms with Crippen LogP contribution in [0.15, 0.2) is 24.3 Å². The van der Waals surface area contributed by atoms with Crippen LogP contribution in [0.2, 0.25) is 5.15 Å². The fourth-order valence-electron chi connectivity index (χ4n) is 2.91. The summed E-state index contributed by atoms with van der Waals surface area (Å²) < 4.78 is 0. The largest absolute Gasteiger partial charge is 0.394 e. The Balaban J connectivity index is 1.60. The van der Waals surface area contributed by atoms with Gasteiger partial charge in [-0.15, -0.1) is 0 Å². The summed E-state index contributed by atoms with van der Waals surface area (Å²) in [5, 5.41) is 37.2. The number of guanidine groups is 1. The molecule has 1 amide bonds. The Kier molecular flexibility index (Phi) is 11.3. The van der Waals surface area contributed by atoms with Gasteiger partial charge in [-0.25, -0.2) is 9.97 Å². The zero-order chi connectivity index (χ0) is 24.9. The van der Waals surface area contributed by atoms with Crippen molar-refractivity contribution in [3.05, 3.63) is 40.7 Å². The van der Waals surface area contributed by atoms with Gasteiger partial charge < -0.3 is 37.6 Å². The number of unbranched alkanes of at least 4 members (excludes halogenated alkanes) is 1. The molecule has 0 saturated heterocycles. The Morgan fingerprint density at radius 1 is 1.09 bits per heavy atom. The topological polar surface area (TPSA) is 207 Å². The van der Waals surface area contributed by atoms with Crippen LogP contribution in [-0.4, -0.2) is 70.9 Å². The summed E-state index contributed by atoms with van der Waals surface area (Å²) in [6, 6.07) is 8.15. The van der Waals surface area contributed by atoms with Crippen LogP contribution in [0.1, 0.15) is 28.9 Å². The summed E-state index contributed by atoms with van der Waals surface area (Å²) in [5.41, 5.74) is 13.1. The Hall–Kier alpha value is -3.19. The third-order valence-electron chi connectivity index (χ3n) is 4.73. The molecule has 1 aromatic heterocycles. The molecule has 186 valence electrons. The van der Waals surface area contributed by atoms with Gasteiger partial charge in [0.05, 0.1) is 12.7 Å². The smallest absolute Gasteiger partial charge is 0.280 e. The molecule has 1 aromatic carbocycles. The number of nitrogen functional groups attached to an aromatic ring is 2. The van der Waals surface area contributed by atoms with E-state index in [1.165, 1.54) is 5.56 Å². The van der Waals surface area contributed by atoms with Gasteiger partial charge in [0.1, 0.15) is 0 Å². The number of amides is 1. The van der Waals surface area contributed by atoms with Gasteiger partial charge in [0.25, 0.3) is 5.91 Å². The van der Waals surface area contributed by atoms with Gasteiger partial charge in [0.2, 0.25) is 0 Å². The summed E-state index contributed by atoms with van der Waals surface area (Å²) in [6.07, 6.45) is 1.86. The van der Waals surface area contributed by atoms with E-state index >= 15 is 0 Å². The first-order valence-corrected chi connectivity index (χ1v) is 11.2. The lowest BCUT2D eigenvalue weighted by Crippen LogP contribution is -2.41. The predicted octanol–water partition coefficient (Wildman–Crippen LogP) is -0.0738. The van der Waals surface area contributed by atoms with Crippen LogP contribution in [0.4, 0.5) is 17.3 Å². The molecule has 1 atom stereocenters. The molecule has 0 fully saturated rings. The highest BCUT2D eigenvalue weighted by atomic mass is 35.5. The number of aliphatic hydroxyl groups is 2. The Morgan fingerprint density at radius 2 is 1.82 bits per heavy atom. The molecular weight excluding hydrogens is 462 g/mol. The van der Waals surface area contributed by atoms with Crippen LogP contribution < -0.4 is 32.7 Å². The number of rotatable bonds is 13. The maximum atomic E-state index is 12.2. The maximum absolute atomic E-state index is 12.2. The number of benzene rings is 1. The minimum absolute atomic E-state index is 0.0704. The van der Waals surface area contributed by atoms with E-state index in [2.05, 4.69) is 43.4 Å². The number of nitrogens with one attached hydrogen (secondary N) is 5. The Labute approximate surface area is 203 Å². The van der Waals surface area contributed by atoms with Gasteiger partial charge >= 0.3 is 0 Å². The Morgan fingerprint density at radius 3 is 2.53 bits per heavy atom. The summed E-state index contributed by atoms with van der Waals surface area (Å²) in [5.74, 6) is -1.10. The number of nitrogens with zero attached hydrogens (tertiary/aromatic N) is 2. The van der Waals surface area contributed by atoms with Crippen molar-refractivity contribution < 1.29 is 15.0 Å². The average molecular weight is 494 g/mol. The maximum Gasteiger partial charge on any atom is 0.280 e. The van der Waals surface area contributed by atoms with E-state index in [0.717, 1.165) is 24.9 Å². The minimum Gasteiger partial charge on any atom is -0.394 e. The second-order valence-electron chi connectivity index (χ2n) is 7.51. The first-order valence-electron chi connectivity index (χ1n) is 10.8. The molecular formula is C21H32ClN9O3. The number of nitrogens with two attached hydrogens (primary N) is 2. The van der Waals surface area contributed by atoms with Gasteiger partial charge in [-0.1, -0.05) is 23.7 Å². The van der Waals surface area contributed by atoms with Crippen LogP contribution in [0.3, 0.4) is 0 Å². The molecule has 12 nitrogen and oxygen atoms in total. The molecule has 0 aliphatic carbocycles. The van der Waals surface area contributed by atoms with E-state index in [1.54, 1.807) is 0 Å². The summed E-state index contributed by atoms with van der Waals surface area (Å²) in [7, 11) is 0. The van der Waals surface area contributed by atoms with E-state index in [-0.39, 0.29) is 35.0 Å². The van der Waals surface area contributed by atoms with E-state index in [1.807, 2.05) is 12.1 Å². The molecule has 0 aliphatic heterocycles. The van der Waals surface area contributed by atoms with Gasteiger partial charge in [0.15, 0.2) is 28.4 Å². The summed E-state index contributed by atoms with van der Waals surface area (Å²) in [6.45, 7) is 2.01. The number of halogens is 1. The molecule has 0 spiro atoms. The molecule has 0 saturated carbocycles. The van der Waals surface area contributed by atoms with Gasteiger partial charge in [-0.05, 0) is 37.0 Å². The van der Waals surface area contributed by atoms with Crippen molar-refractivity contribution in [3.8, 4) is 0 Å². The predicted molar refractivity (Wildman–Crippen MR) is 133 cm³/mol. The fraction of sp³-hybridized carbons (Fsp3) is 0.429. The zero-order valence-electron chi connectivity index (χ0n) is 18.8. The molecule has 11 N–H and O–H groups in total. The second-order valence-corrected chi connectivity index (χ2v) is 7.87. The summed E-state index contributed by atoms with van der Waals surface area (Å²) >= 11 is 5.77. The van der Waals surface area contributed by atoms with E-state index < -0.39 is 12.0 Å². The van der Waals surface area contributed by atoms with Crippen molar-refractivity contribution in [3.63, 3.8) is 0 Å². The van der Waals surface area contributed by atoms with Gasteiger partial charge in [0, 0.05) is 31.9 Å². The number of anilines is 3. The number of aromatic nitrogens is 2. The lowest BCUT2D eigenvalue weighted by Gasteiger charge is -2.11. The van der Waals surface area contributed by atoms with Crippen LogP contribution in [0.25, 0.3) is 0 Å². The van der Waals surface area contributed by atoms with Gasteiger partial charge in [-0.2, -0.15) is 0 Å². The van der Waals surface area contributed by atoms with Crippen LogP contribution in [-0.2, 0) is 6.42 Å². The van der Waals surface area contributed by atoms with Crippen LogP contribution in [0.5, 0.6) is 0 Å². The number of carbonyl (C=O) groups excluding carboxylic acids is 1. The van der Waals surface area contributed by atoms with Gasteiger partial charge in [-0.3, -0.25) is 15.5 Å². The number of aliphatic hydroxyl groups excluding tert-OH is 2. The lowest BCUT2D eigenvalue weighted by atomic mass is 10.1. The molecule has 0 radical (unpaired) electrons. The van der Waals surface area contributed by atoms with Crippen molar-refractivity contribution in [2.24, 2.45) is 0 Å². The normalized spacial score (nSPS) is 11.6. The molecule has 0 bridgehead atoms. The molecule has 0 aliphatic rings. The second kappa shape index (κ2) is 14.2. The standard InChI is InChI=1S/C21H32ClN9O3/c22-17-19(24)30-18(23)16(29-17)20(34)31-21(25)28-8-2-1-3-13-4-6-14(7-5-13)27-10-9-26-11-15(33)12-32/h4-7,15,26-27,32-33H,1-3,8-12H2,(H4,23,24,30)(H3,25,28,31,34)/t15-/m1/s1. The van der Waals surface area contributed by atoms with Crippen molar-refractivity contribution in [2.75, 3.05) is 49.6 Å². The fourth-order valence-corrected chi connectivity index (χ4v) is 3.04. The monoisotopic (exact) mass is 493 g/mol. The minimum atomic E-state index is -0.734. The molecule has 34 heavy (non-hydrogen) atoms. The number of hydrogen-bond donors (Lipinski definition) is 9. The van der Waals surface area contributed by atoms with Crippen molar-refractivity contribution in [1.82, 2.24) is 25.9 Å². The van der Waals surface area contributed by atoms with Crippen molar-refractivity contribution in [1.29, 1.82) is 5.41 Å². The number of hydrogen-bond acceptors (Lipinski definition) is 10. The van der Waals surface area contributed by atoms with E-state index in [0.29, 0.717) is 26.2 Å². The number of carbonyl (C=O) groups is 1. The lowest BCUT2D eigenvalue weighted by molar-refractivity contribution is 0.0949. The third-order valence-corrected chi connectivity index (χ3v) is 5.01. The van der Waals surface area contributed by atoms with Crippen LogP contribution in [0, 0.1) is 5.41 Å². The first kappa shape index (κ1) is 27.1. The highest BCUT2D eigenvalue weighted by Gasteiger charge is 2.16. The van der Waals surface area contributed by atoms with Crippen molar-refractivity contribution in [2.45, 2.75) is 25.4 Å². The molecule has 1 heterocycles. The van der Waals surface area contributed by atoms with Crippen LogP contribution >= 0.6 is 11.6 Å². The highest BCUT2D eigenvalue weighted by Crippen LogP contribution is 2.17. The molecule has 2 aromatic rings. The van der Waals surface area contributed by atoms with Crippen molar-refractivity contribution >= 4 is 40.8 Å². The molecule has 13 heteroatoms. The molecule has 2 rings (SSSR count). The molecule has 0 unspecified atom stereocenters. The highest BCUT2D eigenvalue weighted by molar-refractivity contribution is 6.31. The van der Waals surface area contributed by atoms with E-state index in [4.69, 9.17) is 33.6 Å².